The quantitative estimate of drug-likeness (QED) is 0.720. The van der Waals surface area contributed by atoms with Gasteiger partial charge in [-0.25, -0.2) is 0 Å². The Kier molecular flexibility index (Phi) is 4.74. The van der Waals surface area contributed by atoms with Crippen LogP contribution in [0, 0.1) is 5.92 Å². The molecule has 0 bridgehead atoms. The molecule has 2 nitrogen and oxygen atoms in total. The average molecular weight is 276 g/mol. The number of benzene rings is 1. The first-order valence-electron chi connectivity index (χ1n) is 7.74. The fraction of sp³-hybridized carbons (Fsp3) is 0.667. The minimum Gasteiger partial charge on any atom is -0.493 e. The highest BCUT2D eigenvalue weighted by Crippen LogP contribution is 2.33. The molecule has 0 amide bonds. The maximum absolute atomic E-state index is 5.99. The summed E-state index contributed by atoms with van der Waals surface area (Å²) in [4.78, 5) is 0. The Morgan fingerprint density at radius 2 is 2.00 bits per heavy atom. The molecule has 1 fully saturated rings. The summed E-state index contributed by atoms with van der Waals surface area (Å²) in [6.45, 7) is 12.8. The van der Waals surface area contributed by atoms with E-state index in [0.29, 0.717) is 12.0 Å². The predicted octanol–water partition coefficient (Wildman–Crippen LogP) is 4.35. The molecule has 2 rings (SSSR count). The van der Waals surface area contributed by atoms with E-state index in [1.807, 2.05) is 0 Å². The van der Waals surface area contributed by atoms with E-state index < -0.39 is 0 Å². The largest absolute Gasteiger partial charge is 0.493 e. The molecule has 1 aromatic carbocycles. The summed E-state index contributed by atoms with van der Waals surface area (Å²) in [7, 11) is 0. The van der Waals surface area contributed by atoms with Gasteiger partial charge >= 0.3 is 0 Å². The predicted molar refractivity (Wildman–Crippen MR) is 83.5 cm³/mol. The number of hydrogen-bond donors (Lipinski definition) is 0. The molecule has 0 spiro atoms. The molecule has 0 saturated carbocycles. The normalized spacial score (nSPS) is 18.4. The van der Waals surface area contributed by atoms with Crippen molar-refractivity contribution in [3.05, 3.63) is 29.3 Å². The molecule has 1 saturated heterocycles. The van der Waals surface area contributed by atoms with E-state index >= 15 is 0 Å². The highest BCUT2D eigenvalue weighted by molar-refractivity contribution is 5.41. The molecule has 0 N–H and O–H groups in total. The van der Waals surface area contributed by atoms with Gasteiger partial charge in [0.25, 0.3) is 0 Å². The van der Waals surface area contributed by atoms with Crippen LogP contribution in [0.4, 0.5) is 0 Å². The molecule has 1 heterocycles. The zero-order valence-corrected chi connectivity index (χ0v) is 13.5. The van der Waals surface area contributed by atoms with Crippen LogP contribution in [0.15, 0.2) is 18.2 Å². The van der Waals surface area contributed by atoms with Crippen LogP contribution in [0.3, 0.4) is 0 Å². The van der Waals surface area contributed by atoms with Crippen molar-refractivity contribution >= 4 is 0 Å². The summed E-state index contributed by atoms with van der Waals surface area (Å²) >= 11 is 0. The number of aryl methyl sites for hydroxylation is 1. The van der Waals surface area contributed by atoms with Gasteiger partial charge in [0.2, 0.25) is 0 Å². The number of ether oxygens (including phenoxy) is 2. The third-order valence-electron chi connectivity index (χ3n) is 3.58. The second-order valence-electron chi connectivity index (χ2n) is 7.28. The van der Waals surface area contributed by atoms with Crippen LogP contribution in [0.25, 0.3) is 0 Å². The molecule has 1 atom stereocenters. The summed E-state index contributed by atoms with van der Waals surface area (Å²) in [6, 6.07) is 6.66. The molecule has 0 radical (unpaired) electrons. The van der Waals surface area contributed by atoms with Gasteiger partial charge in [-0.15, -0.1) is 0 Å². The van der Waals surface area contributed by atoms with Crippen molar-refractivity contribution in [2.75, 3.05) is 13.2 Å². The molecule has 0 aromatic heterocycles. The monoisotopic (exact) mass is 276 g/mol. The SMILES string of the molecule is CC(C)COc1ccc(CCC2CO2)cc1C(C)(C)C. The Balaban J connectivity index is 2.13. The van der Waals surface area contributed by atoms with Crippen molar-refractivity contribution in [2.24, 2.45) is 5.92 Å². The molecular formula is C18H28O2. The molecule has 2 heteroatoms. The van der Waals surface area contributed by atoms with Crippen LogP contribution >= 0.6 is 0 Å². The van der Waals surface area contributed by atoms with E-state index in [2.05, 4.69) is 52.8 Å². The lowest BCUT2D eigenvalue weighted by atomic mass is 9.85. The van der Waals surface area contributed by atoms with Crippen molar-refractivity contribution in [1.82, 2.24) is 0 Å². The molecule has 1 unspecified atom stereocenters. The van der Waals surface area contributed by atoms with Gasteiger partial charge in [-0.3, -0.25) is 0 Å². The van der Waals surface area contributed by atoms with E-state index in [4.69, 9.17) is 9.47 Å². The number of rotatable bonds is 6. The second kappa shape index (κ2) is 6.17. The van der Waals surface area contributed by atoms with Gasteiger partial charge in [0.05, 0.1) is 19.3 Å². The summed E-state index contributed by atoms with van der Waals surface area (Å²) in [5.74, 6) is 1.59. The average Bonchev–Trinajstić information content (AvgIpc) is 3.17. The lowest BCUT2D eigenvalue weighted by molar-refractivity contribution is 0.265. The summed E-state index contributed by atoms with van der Waals surface area (Å²) < 4.78 is 11.3. The van der Waals surface area contributed by atoms with Gasteiger partial charge < -0.3 is 9.47 Å². The summed E-state index contributed by atoms with van der Waals surface area (Å²) in [6.07, 6.45) is 2.73. The maximum Gasteiger partial charge on any atom is 0.123 e. The van der Waals surface area contributed by atoms with Crippen LogP contribution in [0.2, 0.25) is 0 Å². The van der Waals surface area contributed by atoms with E-state index in [1.165, 1.54) is 11.1 Å². The van der Waals surface area contributed by atoms with E-state index in [0.717, 1.165) is 31.8 Å². The minimum atomic E-state index is 0.110. The third-order valence-corrected chi connectivity index (χ3v) is 3.58. The Labute approximate surface area is 123 Å². The Morgan fingerprint density at radius 1 is 1.30 bits per heavy atom. The standard InChI is InChI=1S/C18H28O2/c1-13(2)11-20-17-9-7-14(6-8-15-12-19-15)10-16(17)18(3,4)5/h7,9-10,13,15H,6,8,11-12H2,1-5H3. The molecule has 1 aromatic rings. The first kappa shape index (κ1) is 15.4. The van der Waals surface area contributed by atoms with E-state index in [9.17, 15) is 0 Å². The second-order valence-corrected chi connectivity index (χ2v) is 7.28. The zero-order valence-electron chi connectivity index (χ0n) is 13.5. The van der Waals surface area contributed by atoms with E-state index in [1.54, 1.807) is 0 Å². The van der Waals surface area contributed by atoms with Gasteiger partial charge in [0, 0.05) is 0 Å². The summed E-state index contributed by atoms with van der Waals surface area (Å²) in [5.41, 5.74) is 2.81. The van der Waals surface area contributed by atoms with Crippen LogP contribution < -0.4 is 4.74 Å². The first-order chi connectivity index (χ1) is 9.36. The van der Waals surface area contributed by atoms with Gasteiger partial charge in [-0.05, 0) is 41.4 Å². The Bertz CT molecular complexity index is 439. The lowest BCUT2D eigenvalue weighted by Gasteiger charge is -2.24. The fourth-order valence-electron chi connectivity index (χ4n) is 2.26. The zero-order chi connectivity index (χ0) is 14.8. The van der Waals surface area contributed by atoms with Crippen molar-refractivity contribution in [2.45, 2.75) is 59.0 Å². The van der Waals surface area contributed by atoms with Crippen LogP contribution in [-0.2, 0) is 16.6 Å². The molecule has 1 aliphatic heterocycles. The smallest absolute Gasteiger partial charge is 0.123 e. The third kappa shape index (κ3) is 4.52. The Morgan fingerprint density at radius 3 is 2.55 bits per heavy atom. The van der Waals surface area contributed by atoms with Crippen LogP contribution in [0.1, 0.15) is 52.2 Å². The van der Waals surface area contributed by atoms with Crippen LogP contribution in [0.5, 0.6) is 5.75 Å². The topological polar surface area (TPSA) is 21.8 Å². The molecular weight excluding hydrogens is 248 g/mol. The van der Waals surface area contributed by atoms with Crippen molar-refractivity contribution < 1.29 is 9.47 Å². The van der Waals surface area contributed by atoms with Gasteiger partial charge in [-0.2, -0.15) is 0 Å². The fourth-order valence-corrected chi connectivity index (χ4v) is 2.26. The highest BCUT2D eigenvalue weighted by Gasteiger charge is 2.23. The van der Waals surface area contributed by atoms with Crippen LogP contribution in [-0.4, -0.2) is 19.3 Å². The summed E-state index contributed by atoms with van der Waals surface area (Å²) in [5, 5.41) is 0. The molecule has 20 heavy (non-hydrogen) atoms. The number of hydrogen-bond acceptors (Lipinski definition) is 2. The molecule has 112 valence electrons. The van der Waals surface area contributed by atoms with Crippen molar-refractivity contribution in [1.29, 1.82) is 0 Å². The van der Waals surface area contributed by atoms with Crippen molar-refractivity contribution in [3.63, 3.8) is 0 Å². The van der Waals surface area contributed by atoms with Gasteiger partial charge in [0.1, 0.15) is 5.75 Å². The van der Waals surface area contributed by atoms with E-state index in [-0.39, 0.29) is 5.41 Å². The first-order valence-corrected chi connectivity index (χ1v) is 7.74. The number of epoxide rings is 1. The molecule has 1 aliphatic rings. The Hall–Kier alpha value is -1.02. The lowest BCUT2D eigenvalue weighted by Crippen LogP contribution is -2.15. The maximum atomic E-state index is 5.99. The molecule has 0 aliphatic carbocycles. The van der Waals surface area contributed by atoms with Gasteiger partial charge in [-0.1, -0.05) is 46.8 Å². The van der Waals surface area contributed by atoms with Gasteiger partial charge in [0.15, 0.2) is 0 Å². The minimum absolute atomic E-state index is 0.110. The van der Waals surface area contributed by atoms with Crippen molar-refractivity contribution in [3.8, 4) is 5.75 Å². The highest BCUT2D eigenvalue weighted by atomic mass is 16.6.